The Kier molecular flexibility index (Phi) is 5.71. The summed E-state index contributed by atoms with van der Waals surface area (Å²) >= 11 is 0. The van der Waals surface area contributed by atoms with E-state index < -0.39 is 15.2 Å². The fourth-order valence-corrected chi connectivity index (χ4v) is 0.961. The van der Waals surface area contributed by atoms with Crippen LogP contribution in [0.5, 0.6) is 0 Å². The lowest BCUT2D eigenvalue weighted by Gasteiger charge is -2.17. The van der Waals surface area contributed by atoms with Crippen molar-refractivity contribution in [1.82, 2.24) is 0 Å². The molecule has 0 atom stereocenters. The Hall–Kier alpha value is -1.52. The molecule has 0 fully saturated rings. The van der Waals surface area contributed by atoms with Crippen LogP contribution in [0.3, 0.4) is 0 Å². The van der Waals surface area contributed by atoms with Gasteiger partial charge in [-0.25, -0.2) is 23.2 Å². The summed E-state index contributed by atoms with van der Waals surface area (Å²) in [5.41, 5.74) is 0.0940. The summed E-state index contributed by atoms with van der Waals surface area (Å²) in [7, 11) is -1.43. The van der Waals surface area contributed by atoms with Crippen LogP contribution in [0.4, 0.5) is 11.5 Å². The molecule has 0 spiro atoms. The van der Waals surface area contributed by atoms with Gasteiger partial charge in [0.15, 0.2) is 6.20 Å². The van der Waals surface area contributed by atoms with Crippen LogP contribution in [-0.4, -0.2) is 12.0 Å². The van der Waals surface area contributed by atoms with E-state index in [4.69, 9.17) is 18.6 Å². The van der Waals surface area contributed by atoms with Gasteiger partial charge in [-0.1, -0.05) is 0 Å². The molecular formula is C7H10ClN3O6. The van der Waals surface area contributed by atoms with Crippen LogP contribution >= 0.6 is 0 Å². The highest BCUT2D eigenvalue weighted by Gasteiger charge is 2.10. The van der Waals surface area contributed by atoms with Crippen LogP contribution in [0.15, 0.2) is 18.3 Å². The lowest BCUT2D eigenvalue weighted by Crippen LogP contribution is -2.68. The summed E-state index contributed by atoms with van der Waals surface area (Å²) in [4.78, 5) is 9.91. The summed E-state index contributed by atoms with van der Waals surface area (Å²) in [5, 5.41) is 13.2. The monoisotopic (exact) mass is 267 g/mol. The largest absolute Gasteiger partial charge is 0.308 e. The van der Waals surface area contributed by atoms with E-state index in [1.165, 1.54) is 12.3 Å². The number of hydrogen-bond donors (Lipinski definition) is 1. The number of nitro groups is 1. The molecule has 1 heterocycles. The van der Waals surface area contributed by atoms with E-state index in [9.17, 15) is 10.1 Å². The summed E-state index contributed by atoms with van der Waals surface area (Å²) in [6, 6.07) is 3.13. The van der Waals surface area contributed by atoms with Crippen molar-refractivity contribution in [3.05, 3.63) is 28.4 Å². The summed E-state index contributed by atoms with van der Waals surface area (Å²) < 4.78 is 35.6. The topological polar surface area (TPSA) is 151 Å². The van der Waals surface area contributed by atoms with E-state index in [-0.39, 0.29) is 5.69 Å². The maximum absolute atomic E-state index is 10.3. The van der Waals surface area contributed by atoms with Gasteiger partial charge in [-0.05, 0) is 0 Å². The van der Waals surface area contributed by atoms with Crippen LogP contribution in [0, 0.1) is 20.4 Å². The molecule has 10 heteroatoms. The summed E-state index contributed by atoms with van der Waals surface area (Å²) in [6.07, 6.45) is 1.46. The van der Waals surface area contributed by atoms with Crippen molar-refractivity contribution in [3.8, 4) is 0 Å². The third-order valence-corrected chi connectivity index (χ3v) is 1.58. The van der Waals surface area contributed by atoms with E-state index >= 15 is 0 Å². The molecule has 1 aromatic heterocycles. The molecule has 0 aliphatic rings. The Labute approximate surface area is 98.4 Å². The van der Waals surface area contributed by atoms with Gasteiger partial charge in [0, 0.05) is 12.1 Å². The molecule has 0 aliphatic heterocycles. The van der Waals surface area contributed by atoms with Gasteiger partial charge in [0.05, 0.1) is 19.0 Å². The summed E-state index contributed by atoms with van der Waals surface area (Å²) in [6.45, 7) is 0. The second-order valence-corrected chi connectivity index (χ2v) is 3.52. The van der Waals surface area contributed by atoms with Gasteiger partial charge >= 0.3 is 5.69 Å². The molecule has 9 nitrogen and oxygen atoms in total. The van der Waals surface area contributed by atoms with Crippen LogP contribution in [0.2, 0.25) is 0 Å². The molecule has 0 amide bonds. The zero-order chi connectivity index (χ0) is 13.6. The normalized spacial score (nSPS) is 10.2. The van der Waals surface area contributed by atoms with E-state index in [2.05, 4.69) is 5.32 Å². The molecule has 0 aromatic carbocycles. The zero-order valence-corrected chi connectivity index (χ0v) is 9.71. The van der Waals surface area contributed by atoms with Gasteiger partial charge in [-0.15, -0.1) is 10.2 Å². The maximum atomic E-state index is 10.3. The van der Waals surface area contributed by atoms with E-state index in [1.807, 2.05) is 0 Å². The van der Waals surface area contributed by atoms with Gasteiger partial charge in [-0.2, -0.15) is 0 Å². The Balaban J connectivity index is 0.000000437. The fraction of sp³-hybridized carbons (Fsp3) is 0.286. The quantitative estimate of drug-likeness (QED) is 0.323. The highest BCUT2D eigenvalue weighted by atomic mass is 35.7. The smallest absolute Gasteiger partial charge is 0.277 e. The third kappa shape index (κ3) is 7.38. The van der Waals surface area contributed by atoms with Crippen molar-refractivity contribution in [2.24, 2.45) is 7.05 Å². The van der Waals surface area contributed by atoms with Crippen LogP contribution in [-0.2, 0) is 7.05 Å². The lowest BCUT2D eigenvalue weighted by molar-refractivity contribution is -2.00. The first-order valence-corrected chi connectivity index (χ1v) is 5.32. The Bertz CT molecular complexity index is 388. The minimum atomic E-state index is -4.94. The van der Waals surface area contributed by atoms with Crippen LogP contribution in [0.25, 0.3) is 0 Å². The molecule has 0 saturated carbocycles. The first kappa shape index (κ1) is 15.5. The van der Waals surface area contributed by atoms with Crippen LogP contribution < -0.4 is 28.5 Å². The highest BCUT2D eigenvalue weighted by Crippen LogP contribution is 2.08. The molecule has 1 rings (SSSR count). The Morgan fingerprint density at radius 3 is 2.06 bits per heavy atom. The summed E-state index contributed by atoms with van der Waals surface area (Å²) in [5.74, 6) is 0.834. The number of aryl methyl sites for hydroxylation is 1. The molecule has 0 bridgehead atoms. The number of halogens is 1. The van der Waals surface area contributed by atoms with Crippen molar-refractivity contribution < 1.29 is 38.4 Å². The molecular weight excluding hydrogens is 258 g/mol. The van der Waals surface area contributed by atoms with Gasteiger partial charge in [0.25, 0.3) is 5.82 Å². The number of nitrogens with one attached hydrogen (secondary N) is 1. The Morgan fingerprint density at radius 1 is 1.29 bits per heavy atom. The Morgan fingerprint density at radius 2 is 1.76 bits per heavy atom. The van der Waals surface area contributed by atoms with Gasteiger partial charge in [0.1, 0.15) is 0 Å². The number of hydrogen-bond acceptors (Lipinski definition) is 7. The molecule has 0 aliphatic carbocycles. The number of rotatable bonds is 2. The predicted octanol–water partition coefficient (Wildman–Crippen LogP) is -4.29. The standard InChI is InChI=1S/C7H9N3O2.ClHO4/c1-8-7-4-3-6(10(11)12)5-9(7)2;2-1(3,4)5/h3-5H,1-2H3;(H,2,3,4,5). The van der Waals surface area contributed by atoms with E-state index in [0.29, 0.717) is 0 Å². The van der Waals surface area contributed by atoms with E-state index in [1.54, 1.807) is 24.7 Å². The first-order chi connectivity index (χ1) is 7.65. The van der Waals surface area contributed by atoms with Crippen molar-refractivity contribution >= 4 is 11.5 Å². The molecule has 0 saturated heterocycles. The molecule has 1 aromatic rings. The number of aromatic nitrogens is 1. The van der Waals surface area contributed by atoms with Crippen molar-refractivity contribution in [2.45, 2.75) is 0 Å². The van der Waals surface area contributed by atoms with Crippen LogP contribution in [0.1, 0.15) is 0 Å². The fourth-order valence-electron chi connectivity index (χ4n) is 0.961. The number of pyridine rings is 1. The van der Waals surface area contributed by atoms with E-state index in [0.717, 1.165) is 5.82 Å². The minimum Gasteiger partial charge on any atom is -0.277 e. The van der Waals surface area contributed by atoms with Crippen molar-refractivity contribution in [1.29, 1.82) is 0 Å². The van der Waals surface area contributed by atoms with Gasteiger partial charge < -0.3 is 0 Å². The predicted molar refractivity (Wildman–Crippen MR) is 43.8 cm³/mol. The van der Waals surface area contributed by atoms with Crippen molar-refractivity contribution in [2.75, 3.05) is 12.4 Å². The minimum absolute atomic E-state index is 0.0940. The second-order valence-electron chi connectivity index (χ2n) is 2.77. The number of nitrogens with zero attached hydrogens (tertiary/aromatic N) is 2. The first-order valence-electron chi connectivity index (χ1n) is 4.08. The molecule has 1 N–H and O–H groups in total. The average Bonchev–Trinajstić information content (AvgIpc) is 2.14. The van der Waals surface area contributed by atoms with Crippen molar-refractivity contribution in [3.63, 3.8) is 0 Å². The SMILES string of the molecule is CNc1ccc([N+](=O)[O-])c[n+]1C.[O-][Cl+3]([O-])([O-])[O-]. The average molecular weight is 268 g/mol. The van der Waals surface area contributed by atoms with Gasteiger partial charge in [-0.3, -0.25) is 15.4 Å². The van der Waals surface area contributed by atoms with Gasteiger partial charge in [0.2, 0.25) is 0 Å². The lowest BCUT2D eigenvalue weighted by atomic mass is 10.4. The zero-order valence-electron chi connectivity index (χ0n) is 8.95. The molecule has 17 heavy (non-hydrogen) atoms. The second kappa shape index (κ2) is 6.27. The molecule has 96 valence electrons. The highest BCUT2D eigenvalue weighted by molar-refractivity contribution is 5.33. The maximum Gasteiger partial charge on any atom is 0.308 e. The molecule has 0 unspecified atom stereocenters. The molecule has 0 radical (unpaired) electrons. The number of anilines is 1. The third-order valence-electron chi connectivity index (χ3n) is 1.58.